The summed E-state index contributed by atoms with van der Waals surface area (Å²) in [7, 11) is 8.70. The Labute approximate surface area is 865 Å². The van der Waals surface area contributed by atoms with Gasteiger partial charge in [-0.2, -0.15) is 0 Å². The van der Waals surface area contributed by atoms with E-state index in [0.29, 0.717) is 127 Å². The van der Waals surface area contributed by atoms with Crippen LogP contribution in [0, 0.1) is 105 Å². The first-order valence-corrected chi connectivity index (χ1v) is 51.2. The molecule has 6 aromatic rings. The molecule has 146 heavy (non-hydrogen) atoms. The molecule has 9 fully saturated rings. The van der Waals surface area contributed by atoms with Crippen molar-refractivity contribution in [2.75, 3.05) is 62.3 Å². The number of esters is 6. The van der Waals surface area contributed by atoms with Crippen molar-refractivity contribution in [3.05, 3.63) is 116 Å². The van der Waals surface area contributed by atoms with E-state index < -0.39 is 106 Å². The van der Waals surface area contributed by atoms with Crippen LogP contribution in [0.15, 0.2) is 99.1 Å². The van der Waals surface area contributed by atoms with E-state index in [2.05, 4.69) is 42.4 Å². The number of allylic oxidation sites excluding steroid dienone is 3. The first kappa shape index (κ1) is 116. The molecule has 3 saturated heterocycles. The zero-order valence-corrected chi connectivity index (χ0v) is 86.4. The van der Waals surface area contributed by atoms with Crippen LogP contribution in [0.1, 0.15) is 265 Å². The lowest BCUT2D eigenvalue weighted by Crippen LogP contribution is -2.49. The Hall–Kier alpha value is -11.6. The lowest BCUT2D eigenvalue weighted by Gasteiger charge is -2.35. The van der Waals surface area contributed by atoms with Crippen LogP contribution in [-0.2, 0) is 71.6 Å². The zero-order valence-electron chi connectivity index (χ0n) is 86.4. The molecule has 0 N–H and O–H groups in total. The van der Waals surface area contributed by atoms with Crippen molar-refractivity contribution >= 4 is 105 Å². The molecular weight excluding hydrogens is 1860 g/mol. The number of hydrogen-bond acceptors (Lipinski definition) is 27. The fraction of sp³-hybridized carbons (Fsp3) is 0.629. The van der Waals surface area contributed by atoms with Gasteiger partial charge in [-0.1, -0.05) is 144 Å². The second kappa shape index (κ2) is 49.9. The molecule has 0 spiro atoms. The molecule has 3 aromatic heterocycles. The summed E-state index contributed by atoms with van der Waals surface area (Å²) >= 11 is 0. The van der Waals surface area contributed by atoms with Crippen molar-refractivity contribution in [1.82, 2.24) is 44.6 Å². The van der Waals surface area contributed by atoms with Crippen LogP contribution >= 0.6 is 0 Å². The fourth-order valence-electron chi connectivity index (χ4n) is 24.4. The van der Waals surface area contributed by atoms with Crippen molar-refractivity contribution < 1.29 is 100.0 Å². The normalized spacial score (nSPS) is 28.0. The van der Waals surface area contributed by atoms with Crippen molar-refractivity contribution in [2.24, 2.45) is 105 Å². The van der Waals surface area contributed by atoms with Gasteiger partial charge in [0.15, 0.2) is 0 Å². The third kappa shape index (κ3) is 25.7. The highest BCUT2D eigenvalue weighted by Crippen LogP contribution is 2.56. The van der Waals surface area contributed by atoms with E-state index in [4.69, 9.17) is 76.8 Å². The molecule has 24 atom stereocenters. The number of benzene rings is 3. The number of methoxy groups -OCH3 is 6. The molecule has 3 amide bonds. The molecule has 6 aliphatic carbocycles. The topological polar surface area (TPSA) is 351 Å². The number of fused-ring (bicyclic) bond motifs is 15. The van der Waals surface area contributed by atoms with Gasteiger partial charge in [0.25, 0.3) is 0 Å². The van der Waals surface area contributed by atoms with Crippen LogP contribution < -0.4 is 28.4 Å². The number of carbonyl (C=O) groups is 9. The van der Waals surface area contributed by atoms with Gasteiger partial charge in [-0.3, -0.25) is 28.8 Å². The van der Waals surface area contributed by atoms with Gasteiger partial charge in [0.05, 0.1) is 132 Å². The smallest absolute Gasteiger partial charge is 0.329 e. The van der Waals surface area contributed by atoms with Crippen LogP contribution in [0.25, 0.3) is 51.3 Å². The number of nitrogens with zero attached hydrogens (tertiary/aromatic N) is 9. The number of amides is 3. The van der Waals surface area contributed by atoms with E-state index in [1.165, 1.54) is 50.4 Å². The van der Waals surface area contributed by atoms with Gasteiger partial charge in [0.2, 0.25) is 35.4 Å². The Kier molecular flexibility index (Phi) is 39.8. The number of aromatic nitrogens is 6. The molecule has 30 nitrogen and oxygen atoms in total. The van der Waals surface area contributed by atoms with E-state index in [-0.39, 0.29) is 134 Å². The third-order valence-corrected chi connectivity index (χ3v) is 32.4. The second-order valence-electron chi connectivity index (χ2n) is 44.1. The number of unbranched alkanes of at least 4 members (excludes halogenated alkanes) is 2. The summed E-state index contributed by atoms with van der Waals surface area (Å²) in [5.74, 6) is -0.307. The van der Waals surface area contributed by atoms with Gasteiger partial charge in [0, 0.05) is 36.0 Å². The third-order valence-electron chi connectivity index (χ3n) is 32.4. The van der Waals surface area contributed by atoms with Crippen LogP contribution in [0.4, 0.5) is 0 Å². The SMILES string of the molecule is C.C.C.C.C=CCCC[C@@H]1[C@@H]2CC[C@@H](C2)[C@H]1OC(=O)C[C@H](C(=O)N1C[C@H](Oc2nc3cc(OC)ccc3nc2C=C)[C@@H](C)[C@H]1C(=O)OC)C(C)(C)C.C=CCCC[C@H]1[C@H]2CC[C@H](C2)[C@@H]1OC(=O)C[C@H](C(=O)N1C[C@H](Oc2nc3cc(OC)ccc3nc2C=C)[C@@H](C)[C@H]1C(=O)OC)C(C)(C)C.COC(=O)[C@@H]1[C@H](C)[C@@H]2CN1C(=O)[C@H](C(C)(C)C)CC(=O)O[C@@H]1[C@H]3CC[C@H](C3)[C@H]1CCC/C=C/c1nc3ccc(OC)cc3nc1O2. The highest BCUT2D eigenvalue weighted by molar-refractivity contribution is 5.93. The quantitative estimate of drug-likeness (QED) is 0.0190. The molecule has 8 bridgehead atoms. The minimum Gasteiger partial charge on any atom is -0.497 e. The number of likely N-dealkylation sites (tertiary alicyclic amines) is 2. The molecule has 800 valence electrons. The molecule has 30 heteroatoms. The summed E-state index contributed by atoms with van der Waals surface area (Å²) in [6.45, 7) is 38.9. The Morgan fingerprint density at radius 2 is 0.904 bits per heavy atom. The molecule has 4 aliphatic heterocycles. The van der Waals surface area contributed by atoms with Crippen LogP contribution in [-0.4, -0.2) is 215 Å². The fourth-order valence-corrected chi connectivity index (χ4v) is 24.4. The summed E-state index contributed by atoms with van der Waals surface area (Å²) in [4.78, 5) is 157. The maximum absolute atomic E-state index is 14.5. The van der Waals surface area contributed by atoms with Crippen LogP contribution in [0.3, 0.4) is 0 Å². The minimum absolute atomic E-state index is 0. The lowest BCUT2D eigenvalue weighted by molar-refractivity contribution is -0.162. The standard InChI is InChI=1S/2C38H51N3O7.C36H47N3O7.4CH4/c2*1-9-11-12-13-26-23-14-15-24(18-23)34(26)48-32(42)20-27(38(4,5)6)36(43)41-21-31(22(3)33(41)37(44)46-8)47-35-28(10-2)39-29-17-16-25(45-7)19-30(29)40-35;1-20-29-19-39(31(20)35(42)44-6)34(41)25(36(2,3)4)18-30(40)46-32-22-13-12-21(16-22)24(32)10-8-7-9-11-27-33(45-29)38-28-17-23(43-5)14-15-26(28)37-27;;;;/h2*9-10,16-17,19,22-24,26-27,31,33-34H,1-2,11-15,18,20-21H2,3-8H3;9,11,14-15,17,20-22,24-25,29,31-32H,7-8,10,12-13,16,18-19H2,1-6H3;4*1H4/b;;11-9+;;;;/t22-,23+,24-,26+,27-,31+,33+,34+;22-,23-,24+,26-,27-,31+,33+,34-;20-,21-,22+,24-,25-,29+,31+,32-;;;;/m111..../s1. The Balaban J connectivity index is 0.000000221. The molecule has 0 unspecified atom stereocenters. The number of carbonyl (C=O) groups excluding carboxylic acids is 9. The van der Waals surface area contributed by atoms with Gasteiger partial charge in [0.1, 0.15) is 89.1 Å². The predicted octanol–water partition coefficient (Wildman–Crippen LogP) is 21.0. The van der Waals surface area contributed by atoms with E-state index in [1.54, 1.807) is 62.6 Å². The van der Waals surface area contributed by atoms with Gasteiger partial charge in [-0.25, -0.2) is 44.3 Å². The molecule has 0 radical (unpaired) electrons. The first-order chi connectivity index (χ1) is 67.8. The molecule has 6 saturated carbocycles. The maximum atomic E-state index is 14.5. The number of rotatable bonds is 28. The van der Waals surface area contributed by atoms with Gasteiger partial charge in [-0.05, 0) is 240 Å². The number of hydrogen-bond donors (Lipinski definition) is 0. The van der Waals surface area contributed by atoms with Gasteiger partial charge < -0.3 is 71.5 Å². The van der Waals surface area contributed by atoms with Crippen molar-refractivity contribution in [3.8, 4) is 34.9 Å². The molecule has 16 rings (SSSR count). The lowest BCUT2D eigenvalue weighted by atomic mass is 9.77. The summed E-state index contributed by atoms with van der Waals surface area (Å²) in [5.41, 5.74) is 3.50. The van der Waals surface area contributed by atoms with Crippen molar-refractivity contribution in [2.45, 2.75) is 302 Å². The van der Waals surface area contributed by atoms with Gasteiger partial charge in [-0.15, -0.1) is 13.2 Å². The van der Waals surface area contributed by atoms with Crippen molar-refractivity contribution in [1.29, 1.82) is 0 Å². The first-order valence-electron chi connectivity index (χ1n) is 51.2. The summed E-state index contributed by atoms with van der Waals surface area (Å²) in [6.07, 6.45) is 27.7. The second-order valence-corrected chi connectivity index (χ2v) is 44.1. The molecular formula is C116H165N9O21. The largest absolute Gasteiger partial charge is 0.497 e. The van der Waals surface area contributed by atoms with E-state index >= 15 is 0 Å². The Bertz CT molecular complexity index is 5440. The minimum atomic E-state index is -0.908. The average Bonchev–Trinajstić information content (AvgIpc) is 1.63. The highest BCUT2D eigenvalue weighted by atomic mass is 16.6. The van der Waals surface area contributed by atoms with E-state index in [1.807, 2.05) is 132 Å². The molecule has 3 aromatic carbocycles. The molecule has 10 aliphatic rings. The monoisotopic (exact) mass is 2020 g/mol. The average molecular weight is 2020 g/mol. The summed E-state index contributed by atoms with van der Waals surface area (Å²) in [6, 6.07) is 13.6. The maximum Gasteiger partial charge on any atom is 0.329 e. The Morgan fingerprint density at radius 1 is 0.486 bits per heavy atom. The van der Waals surface area contributed by atoms with Gasteiger partial charge >= 0.3 is 35.8 Å². The molecule has 7 heterocycles. The predicted molar refractivity (Wildman–Crippen MR) is 565 cm³/mol. The summed E-state index contributed by atoms with van der Waals surface area (Å²) in [5, 5.41) is 0. The Morgan fingerprint density at radius 3 is 1.33 bits per heavy atom. The highest BCUT2D eigenvalue weighted by Gasteiger charge is 2.58. The zero-order chi connectivity index (χ0) is 102. The number of ether oxygens (including phenoxy) is 12. The van der Waals surface area contributed by atoms with E-state index in [9.17, 15) is 43.2 Å². The van der Waals surface area contributed by atoms with Crippen LogP contribution in [0.5, 0.6) is 34.9 Å². The van der Waals surface area contributed by atoms with Crippen molar-refractivity contribution in [3.63, 3.8) is 0 Å². The van der Waals surface area contributed by atoms with E-state index in [0.717, 1.165) is 96.3 Å². The summed E-state index contributed by atoms with van der Waals surface area (Å²) < 4.78 is 69.8. The van der Waals surface area contributed by atoms with Crippen LogP contribution in [0.2, 0.25) is 0 Å².